The molecular formula is C24H17BrN2O4S2. The van der Waals surface area contributed by atoms with E-state index in [0.717, 1.165) is 14.9 Å². The highest BCUT2D eigenvalue weighted by Crippen LogP contribution is 2.33. The summed E-state index contributed by atoms with van der Waals surface area (Å²) in [4.78, 5) is 32.0. The molecule has 1 aromatic carbocycles. The first-order valence-corrected chi connectivity index (χ1v) is 12.4. The van der Waals surface area contributed by atoms with Crippen molar-refractivity contribution in [2.24, 2.45) is 4.99 Å². The van der Waals surface area contributed by atoms with Gasteiger partial charge in [-0.2, -0.15) is 0 Å². The fourth-order valence-corrected chi connectivity index (χ4v) is 5.85. The van der Waals surface area contributed by atoms with Gasteiger partial charge in [-0.1, -0.05) is 45.5 Å². The smallest absolute Gasteiger partial charge is 0.338 e. The third kappa shape index (κ3) is 3.96. The van der Waals surface area contributed by atoms with Gasteiger partial charge in [0.25, 0.3) is 5.56 Å². The number of esters is 1. The van der Waals surface area contributed by atoms with Gasteiger partial charge in [0, 0.05) is 21.0 Å². The fourth-order valence-electron chi connectivity index (χ4n) is 3.74. The summed E-state index contributed by atoms with van der Waals surface area (Å²) in [6.07, 6.45) is 1.72. The van der Waals surface area contributed by atoms with Crippen molar-refractivity contribution in [2.75, 3.05) is 7.11 Å². The number of methoxy groups -OCH3 is 1. The first-order valence-electron chi connectivity index (χ1n) is 9.96. The van der Waals surface area contributed by atoms with E-state index in [9.17, 15) is 9.59 Å². The molecule has 0 N–H and O–H groups in total. The molecule has 0 saturated carbocycles. The average molecular weight is 541 g/mol. The summed E-state index contributed by atoms with van der Waals surface area (Å²) >= 11 is 6.18. The fraction of sp³-hybridized carbons (Fsp3) is 0.125. The van der Waals surface area contributed by atoms with Crippen molar-refractivity contribution in [1.82, 2.24) is 4.57 Å². The highest BCUT2D eigenvalue weighted by Gasteiger charge is 2.33. The highest BCUT2D eigenvalue weighted by molar-refractivity contribution is 9.10. The number of furan rings is 1. The molecule has 1 atom stereocenters. The van der Waals surface area contributed by atoms with Crippen LogP contribution in [0.2, 0.25) is 0 Å². The first-order chi connectivity index (χ1) is 16.0. The minimum atomic E-state index is -0.578. The van der Waals surface area contributed by atoms with Gasteiger partial charge in [-0.15, -0.1) is 11.3 Å². The van der Waals surface area contributed by atoms with Crippen LogP contribution in [0.5, 0.6) is 0 Å². The Kier molecular flexibility index (Phi) is 5.77. The van der Waals surface area contributed by atoms with Gasteiger partial charge in [-0.3, -0.25) is 9.36 Å². The molecule has 0 fully saturated rings. The lowest BCUT2D eigenvalue weighted by atomic mass is 10.0. The minimum Gasteiger partial charge on any atom is -0.466 e. The summed E-state index contributed by atoms with van der Waals surface area (Å²) in [7, 11) is 1.33. The third-order valence-corrected chi connectivity index (χ3v) is 7.70. The van der Waals surface area contributed by atoms with Crippen molar-refractivity contribution in [3.8, 4) is 11.3 Å². The van der Waals surface area contributed by atoms with E-state index >= 15 is 0 Å². The molecule has 0 saturated heterocycles. The summed E-state index contributed by atoms with van der Waals surface area (Å²) in [5, 5.41) is 1.92. The van der Waals surface area contributed by atoms with Crippen molar-refractivity contribution in [1.29, 1.82) is 0 Å². The van der Waals surface area contributed by atoms with Gasteiger partial charge in [0.2, 0.25) is 0 Å². The van der Waals surface area contributed by atoms with Gasteiger partial charge in [0.1, 0.15) is 17.6 Å². The Hall–Kier alpha value is -3.01. The van der Waals surface area contributed by atoms with Crippen LogP contribution in [0.3, 0.4) is 0 Å². The zero-order valence-electron chi connectivity index (χ0n) is 17.6. The molecule has 0 amide bonds. The lowest BCUT2D eigenvalue weighted by Gasteiger charge is -2.22. The van der Waals surface area contributed by atoms with E-state index in [1.54, 1.807) is 17.6 Å². The van der Waals surface area contributed by atoms with Crippen LogP contribution in [0.15, 0.2) is 83.9 Å². The molecule has 9 heteroatoms. The Morgan fingerprint density at radius 1 is 1.21 bits per heavy atom. The third-order valence-electron chi connectivity index (χ3n) is 5.27. The Bertz CT molecular complexity index is 1560. The van der Waals surface area contributed by atoms with Gasteiger partial charge in [0.05, 0.1) is 22.9 Å². The van der Waals surface area contributed by atoms with Crippen LogP contribution < -0.4 is 14.9 Å². The van der Waals surface area contributed by atoms with Gasteiger partial charge in [-0.05, 0) is 42.6 Å². The second kappa shape index (κ2) is 8.74. The molecule has 0 spiro atoms. The first kappa shape index (κ1) is 21.8. The lowest BCUT2D eigenvalue weighted by Crippen LogP contribution is -2.39. The molecule has 0 bridgehead atoms. The van der Waals surface area contributed by atoms with Crippen LogP contribution in [-0.4, -0.2) is 17.6 Å². The predicted octanol–water partition coefficient (Wildman–Crippen LogP) is 4.49. The van der Waals surface area contributed by atoms with E-state index in [2.05, 4.69) is 20.9 Å². The van der Waals surface area contributed by atoms with Crippen LogP contribution in [-0.2, 0) is 9.53 Å². The standard InChI is InChI=1S/C24H17BrN2O4S2/c1-13-20(23(29)30-2)21(18-4-3-11-32-18)27-22(28)19(33-24(27)26-13)12-16-9-10-17(31-16)14-5-7-15(25)8-6-14/h3-12,21H,1-2H3/b19-12+/t21-/m0/s1. The van der Waals surface area contributed by atoms with E-state index in [-0.39, 0.29) is 5.56 Å². The van der Waals surface area contributed by atoms with Crippen LogP contribution in [0.25, 0.3) is 17.4 Å². The molecule has 0 radical (unpaired) electrons. The van der Waals surface area contributed by atoms with Gasteiger partial charge >= 0.3 is 5.97 Å². The Morgan fingerprint density at radius 3 is 2.70 bits per heavy atom. The molecule has 33 heavy (non-hydrogen) atoms. The quantitative estimate of drug-likeness (QED) is 0.357. The SMILES string of the molecule is COC(=O)C1=C(C)N=c2s/c(=C/c3ccc(-c4ccc(Br)cc4)o3)c(=O)n2[C@H]1c1cccs1. The summed E-state index contributed by atoms with van der Waals surface area (Å²) in [6, 6.07) is 14.7. The van der Waals surface area contributed by atoms with Crippen molar-refractivity contribution in [2.45, 2.75) is 13.0 Å². The molecule has 166 valence electrons. The zero-order chi connectivity index (χ0) is 23.1. The topological polar surface area (TPSA) is 73.8 Å². The molecule has 3 aromatic heterocycles. The van der Waals surface area contributed by atoms with Gasteiger partial charge < -0.3 is 9.15 Å². The summed E-state index contributed by atoms with van der Waals surface area (Å²) in [5.41, 5.74) is 1.63. The van der Waals surface area contributed by atoms with Crippen molar-refractivity contribution in [3.63, 3.8) is 0 Å². The normalized spacial score (nSPS) is 16.0. The molecule has 1 aliphatic heterocycles. The number of thiazole rings is 1. The molecule has 0 unspecified atom stereocenters. The van der Waals surface area contributed by atoms with Crippen molar-refractivity contribution >= 4 is 50.6 Å². The molecule has 1 aliphatic rings. The van der Waals surface area contributed by atoms with E-state index in [0.29, 0.717) is 32.1 Å². The summed E-state index contributed by atoms with van der Waals surface area (Å²) < 4.78 is 14.0. The maximum absolute atomic E-state index is 13.5. The number of halogens is 1. The van der Waals surface area contributed by atoms with Gasteiger partial charge in [-0.25, -0.2) is 9.79 Å². The Balaban J connectivity index is 1.62. The molecule has 4 aromatic rings. The van der Waals surface area contributed by atoms with Crippen molar-refractivity contribution < 1.29 is 13.9 Å². The van der Waals surface area contributed by atoms with E-state index < -0.39 is 12.0 Å². The number of nitrogens with zero attached hydrogens (tertiary/aromatic N) is 2. The average Bonchev–Trinajstić information content (AvgIpc) is 3.55. The number of hydrogen-bond donors (Lipinski definition) is 0. The second-order valence-electron chi connectivity index (χ2n) is 7.30. The Labute approximate surface area is 204 Å². The van der Waals surface area contributed by atoms with Crippen LogP contribution in [0.4, 0.5) is 0 Å². The van der Waals surface area contributed by atoms with E-state index in [1.165, 1.54) is 29.8 Å². The van der Waals surface area contributed by atoms with E-state index in [1.807, 2.05) is 53.9 Å². The Morgan fingerprint density at radius 2 is 2.00 bits per heavy atom. The maximum atomic E-state index is 13.5. The molecular weight excluding hydrogens is 524 g/mol. The number of aromatic nitrogens is 1. The van der Waals surface area contributed by atoms with Crippen LogP contribution in [0, 0.1) is 0 Å². The maximum Gasteiger partial charge on any atom is 0.338 e. The number of carbonyl (C=O) groups is 1. The number of ether oxygens (including phenoxy) is 1. The number of allylic oxidation sites excluding steroid dienone is 1. The number of benzene rings is 1. The second-order valence-corrected chi connectivity index (χ2v) is 10.2. The van der Waals surface area contributed by atoms with Crippen LogP contribution in [0.1, 0.15) is 23.6 Å². The monoisotopic (exact) mass is 540 g/mol. The number of thiophene rings is 1. The lowest BCUT2D eigenvalue weighted by molar-refractivity contribution is -0.136. The van der Waals surface area contributed by atoms with E-state index in [4.69, 9.17) is 9.15 Å². The minimum absolute atomic E-state index is 0.229. The summed E-state index contributed by atoms with van der Waals surface area (Å²) in [5.74, 6) is 0.783. The predicted molar refractivity (Wildman–Crippen MR) is 132 cm³/mol. The molecule has 5 rings (SSSR count). The number of fused-ring (bicyclic) bond motifs is 1. The molecule has 0 aliphatic carbocycles. The zero-order valence-corrected chi connectivity index (χ0v) is 20.8. The molecule has 6 nitrogen and oxygen atoms in total. The molecule has 4 heterocycles. The summed E-state index contributed by atoms with van der Waals surface area (Å²) in [6.45, 7) is 1.76. The van der Waals surface area contributed by atoms with Crippen LogP contribution >= 0.6 is 38.6 Å². The number of rotatable bonds is 4. The largest absolute Gasteiger partial charge is 0.466 e. The van der Waals surface area contributed by atoms with Crippen molar-refractivity contribution in [3.05, 3.63) is 100.0 Å². The highest BCUT2D eigenvalue weighted by atomic mass is 79.9. The van der Waals surface area contributed by atoms with Gasteiger partial charge in [0.15, 0.2) is 4.80 Å². The number of hydrogen-bond acceptors (Lipinski definition) is 7. The number of carbonyl (C=O) groups excluding carboxylic acids is 1.